The van der Waals surface area contributed by atoms with Gasteiger partial charge in [-0.05, 0) is 31.9 Å². The normalized spacial score (nSPS) is 22.9. The average Bonchev–Trinajstić information content (AvgIpc) is 3.35. The van der Waals surface area contributed by atoms with Crippen molar-refractivity contribution in [3.05, 3.63) is 18.2 Å². The number of hydrogen-bond donors (Lipinski definition) is 2. The first-order valence-corrected chi connectivity index (χ1v) is 8.09. The van der Waals surface area contributed by atoms with Crippen LogP contribution in [-0.4, -0.2) is 31.1 Å². The fourth-order valence-corrected chi connectivity index (χ4v) is 2.58. The van der Waals surface area contributed by atoms with Crippen LogP contribution in [0, 0.1) is 11.8 Å². The summed E-state index contributed by atoms with van der Waals surface area (Å²) in [5.74, 6) is 0.725. The van der Waals surface area contributed by atoms with Crippen LogP contribution in [0.4, 0.5) is 5.69 Å². The summed E-state index contributed by atoms with van der Waals surface area (Å²) in [7, 11) is 0. The Kier molecular flexibility index (Phi) is 4.41. The predicted molar refractivity (Wildman–Crippen MR) is 85.6 cm³/mol. The van der Waals surface area contributed by atoms with Gasteiger partial charge in [0, 0.05) is 17.8 Å². The SMILES string of the molecule is CCC(C)NC(=O)C1CC1C(=O)Nc1ccc2c(c1)OCCO2. The molecule has 1 heterocycles. The molecule has 3 atom stereocenters. The number of hydrogen-bond acceptors (Lipinski definition) is 4. The fourth-order valence-electron chi connectivity index (χ4n) is 2.58. The van der Waals surface area contributed by atoms with Crippen LogP contribution in [0.1, 0.15) is 26.7 Å². The monoisotopic (exact) mass is 318 g/mol. The van der Waals surface area contributed by atoms with Crippen molar-refractivity contribution in [3.8, 4) is 11.5 Å². The van der Waals surface area contributed by atoms with Crippen molar-refractivity contribution >= 4 is 17.5 Å². The van der Waals surface area contributed by atoms with Gasteiger partial charge in [0.15, 0.2) is 11.5 Å². The van der Waals surface area contributed by atoms with Crippen LogP contribution in [0.3, 0.4) is 0 Å². The topological polar surface area (TPSA) is 76.7 Å². The lowest BCUT2D eigenvalue weighted by Gasteiger charge is -2.19. The zero-order valence-corrected chi connectivity index (χ0v) is 13.4. The Bertz CT molecular complexity index is 617. The van der Waals surface area contributed by atoms with E-state index in [9.17, 15) is 9.59 Å². The average molecular weight is 318 g/mol. The van der Waals surface area contributed by atoms with E-state index in [0.29, 0.717) is 36.8 Å². The van der Waals surface area contributed by atoms with E-state index in [2.05, 4.69) is 10.6 Å². The van der Waals surface area contributed by atoms with Crippen LogP contribution in [0.25, 0.3) is 0 Å². The van der Waals surface area contributed by atoms with Gasteiger partial charge in [-0.3, -0.25) is 9.59 Å². The molecule has 1 aliphatic heterocycles. The van der Waals surface area contributed by atoms with Crippen molar-refractivity contribution in [2.24, 2.45) is 11.8 Å². The third kappa shape index (κ3) is 3.57. The Hall–Kier alpha value is -2.24. The van der Waals surface area contributed by atoms with Gasteiger partial charge >= 0.3 is 0 Å². The third-order valence-electron chi connectivity index (χ3n) is 4.27. The second-order valence-electron chi connectivity index (χ2n) is 6.11. The minimum atomic E-state index is -0.243. The quantitative estimate of drug-likeness (QED) is 0.870. The van der Waals surface area contributed by atoms with Crippen molar-refractivity contribution in [2.45, 2.75) is 32.7 Å². The summed E-state index contributed by atoms with van der Waals surface area (Å²) in [6, 6.07) is 5.46. The van der Waals surface area contributed by atoms with E-state index in [1.807, 2.05) is 13.8 Å². The molecule has 3 rings (SSSR count). The molecule has 6 nitrogen and oxygen atoms in total. The summed E-state index contributed by atoms with van der Waals surface area (Å²) >= 11 is 0. The molecular weight excluding hydrogens is 296 g/mol. The van der Waals surface area contributed by atoms with Crippen molar-refractivity contribution < 1.29 is 19.1 Å². The highest BCUT2D eigenvalue weighted by Crippen LogP contribution is 2.40. The van der Waals surface area contributed by atoms with Gasteiger partial charge < -0.3 is 20.1 Å². The van der Waals surface area contributed by atoms with Crippen LogP contribution in [0.2, 0.25) is 0 Å². The van der Waals surface area contributed by atoms with E-state index in [4.69, 9.17) is 9.47 Å². The van der Waals surface area contributed by atoms with Crippen LogP contribution in [0.5, 0.6) is 11.5 Å². The molecule has 6 heteroatoms. The van der Waals surface area contributed by atoms with E-state index in [1.165, 1.54) is 0 Å². The molecular formula is C17H22N2O4. The predicted octanol–water partition coefficient (Wildman–Crippen LogP) is 1.95. The van der Waals surface area contributed by atoms with Gasteiger partial charge in [0.2, 0.25) is 11.8 Å². The Balaban J connectivity index is 1.55. The maximum atomic E-state index is 12.2. The molecule has 0 radical (unpaired) electrons. The Morgan fingerprint density at radius 3 is 2.61 bits per heavy atom. The van der Waals surface area contributed by atoms with Gasteiger partial charge in [-0.2, -0.15) is 0 Å². The lowest BCUT2D eigenvalue weighted by Crippen LogP contribution is -2.34. The third-order valence-corrected chi connectivity index (χ3v) is 4.27. The van der Waals surface area contributed by atoms with E-state index in [1.54, 1.807) is 18.2 Å². The highest BCUT2D eigenvalue weighted by Gasteiger charge is 2.48. The molecule has 0 bridgehead atoms. The van der Waals surface area contributed by atoms with E-state index >= 15 is 0 Å². The highest BCUT2D eigenvalue weighted by molar-refractivity contribution is 5.99. The summed E-state index contributed by atoms with van der Waals surface area (Å²) in [5, 5.41) is 5.78. The zero-order valence-electron chi connectivity index (χ0n) is 13.4. The standard InChI is InChI=1S/C17H22N2O4/c1-3-10(2)18-16(20)12-9-13(12)17(21)19-11-4-5-14-15(8-11)23-7-6-22-14/h4-5,8,10,12-13H,3,6-7,9H2,1-2H3,(H,18,20)(H,19,21). The molecule has 3 unspecified atom stereocenters. The number of carbonyl (C=O) groups is 2. The number of carbonyl (C=O) groups excluding carboxylic acids is 2. The number of fused-ring (bicyclic) bond motifs is 1. The van der Waals surface area contributed by atoms with E-state index in [0.717, 1.165) is 6.42 Å². The minimum Gasteiger partial charge on any atom is -0.486 e. The number of ether oxygens (including phenoxy) is 2. The summed E-state index contributed by atoms with van der Waals surface area (Å²) < 4.78 is 10.9. The van der Waals surface area contributed by atoms with Gasteiger partial charge in [-0.1, -0.05) is 6.92 Å². The van der Waals surface area contributed by atoms with Crippen LogP contribution in [-0.2, 0) is 9.59 Å². The molecule has 1 fully saturated rings. The van der Waals surface area contributed by atoms with Crippen LogP contribution < -0.4 is 20.1 Å². The van der Waals surface area contributed by atoms with Crippen LogP contribution >= 0.6 is 0 Å². The molecule has 2 amide bonds. The first-order chi connectivity index (χ1) is 11.1. The molecule has 1 saturated carbocycles. The molecule has 2 N–H and O–H groups in total. The van der Waals surface area contributed by atoms with Crippen molar-refractivity contribution in [1.29, 1.82) is 0 Å². The minimum absolute atomic E-state index is 0.0262. The fraction of sp³-hybridized carbons (Fsp3) is 0.529. The smallest absolute Gasteiger partial charge is 0.228 e. The molecule has 0 spiro atoms. The van der Waals surface area contributed by atoms with Gasteiger partial charge in [0.05, 0.1) is 11.8 Å². The number of amides is 2. The number of anilines is 1. The molecule has 1 aromatic rings. The second-order valence-corrected chi connectivity index (χ2v) is 6.11. The number of rotatable bonds is 5. The van der Waals surface area contributed by atoms with Crippen molar-refractivity contribution in [1.82, 2.24) is 5.32 Å². The molecule has 124 valence electrons. The largest absolute Gasteiger partial charge is 0.486 e. The van der Waals surface area contributed by atoms with Crippen molar-refractivity contribution in [2.75, 3.05) is 18.5 Å². The molecule has 1 aliphatic carbocycles. The maximum absolute atomic E-state index is 12.2. The van der Waals surface area contributed by atoms with Gasteiger partial charge in [-0.25, -0.2) is 0 Å². The molecule has 2 aliphatic rings. The Morgan fingerprint density at radius 1 is 1.17 bits per heavy atom. The molecule has 23 heavy (non-hydrogen) atoms. The Labute approximate surface area is 135 Å². The summed E-state index contributed by atoms with van der Waals surface area (Å²) in [4.78, 5) is 24.3. The number of nitrogens with one attached hydrogen (secondary N) is 2. The first-order valence-electron chi connectivity index (χ1n) is 8.09. The summed E-state index contributed by atoms with van der Waals surface area (Å²) in [6.07, 6.45) is 1.49. The van der Waals surface area contributed by atoms with E-state index in [-0.39, 0.29) is 29.7 Å². The maximum Gasteiger partial charge on any atom is 0.228 e. The van der Waals surface area contributed by atoms with Gasteiger partial charge in [0.25, 0.3) is 0 Å². The molecule has 0 saturated heterocycles. The lowest BCUT2D eigenvalue weighted by atomic mass is 10.2. The molecule has 1 aromatic carbocycles. The zero-order chi connectivity index (χ0) is 16.4. The Morgan fingerprint density at radius 2 is 1.87 bits per heavy atom. The van der Waals surface area contributed by atoms with Crippen LogP contribution in [0.15, 0.2) is 18.2 Å². The first kappa shape index (κ1) is 15.6. The highest BCUT2D eigenvalue weighted by atomic mass is 16.6. The number of benzene rings is 1. The van der Waals surface area contributed by atoms with Gasteiger partial charge in [0.1, 0.15) is 13.2 Å². The summed E-state index contributed by atoms with van der Waals surface area (Å²) in [6.45, 7) is 5.02. The van der Waals surface area contributed by atoms with Gasteiger partial charge in [-0.15, -0.1) is 0 Å². The van der Waals surface area contributed by atoms with E-state index < -0.39 is 0 Å². The summed E-state index contributed by atoms with van der Waals surface area (Å²) in [5.41, 5.74) is 0.659. The lowest BCUT2D eigenvalue weighted by molar-refractivity contribution is -0.125. The molecule has 0 aromatic heterocycles. The second kappa shape index (κ2) is 6.48. The van der Waals surface area contributed by atoms with Crippen molar-refractivity contribution in [3.63, 3.8) is 0 Å².